The van der Waals surface area contributed by atoms with Gasteiger partial charge >= 0.3 is 11.9 Å². The summed E-state index contributed by atoms with van der Waals surface area (Å²) in [5, 5.41) is 5.99. The van der Waals surface area contributed by atoms with Crippen LogP contribution in [-0.4, -0.2) is 62.8 Å². The summed E-state index contributed by atoms with van der Waals surface area (Å²) in [7, 11) is 1.66. The van der Waals surface area contributed by atoms with Crippen LogP contribution in [0.5, 0.6) is 0 Å². The minimum absolute atomic E-state index is 0.0373. The summed E-state index contributed by atoms with van der Waals surface area (Å²) < 4.78 is 11.4. The van der Waals surface area contributed by atoms with Crippen molar-refractivity contribution in [1.29, 1.82) is 0 Å². The van der Waals surface area contributed by atoms with Crippen LogP contribution in [0.25, 0.3) is 0 Å². The maximum atomic E-state index is 13.0. The van der Waals surface area contributed by atoms with Crippen LogP contribution >= 0.6 is 0 Å². The molecule has 0 atom stereocenters. The van der Waals surface area contributed by atoms with Gasteiger partial charge in [-0.25, -0.2) is 0 Å². The third-order valence-corrected chi connectivity index (χ3v) is 10.9. The molecule has 0 heterocycles. The molecule has 1 aromatic carbocycles. The highest BCUT2D eigenvalue weighted by molar-refractivity contribution is 5.73. The van der Waals surface area contributed by atoms with E-state index in [1.54, 1.807) is 7.05 Å². The maximum absolute atomic E-state index is 13.0. The molecular formula is C46H85N3O6. The van der Waals surface area contributed by atoms with E-state index in [1.807, 2.05) is 0 Å². The summed E-state index contributed by atoms with van der Waals surface area (Å²) in [6.45, 7) is 10.7. The van der Waals surface area contributed by atoms with Gasteiger partial charge in [0.15, 0.2) is 0 Å². The molecule has 0 amide bonds. The Labute approximate surface area is 336 Å². The van der Waals surface area contributed by atoms with Gasteiger partial charge in [-0.05, 0) is 83.8 Å². The first-order valence-electron chi connectivity index (χ1n) is 23.2. The monoisotopic (exact) mass is 776 g/mol. The Bertz CT molecular complexity index is 1120. The second-order valence-corrected chi connectivity index (χ2v) is 16.0. The van der Waals surface area contributed by atoms with Crippen molar-refractivity contribution < 1.29 is 19.1 Å². The van der Waals surface area contributed by atoms with E-state index in [0.717, 1.165) is 122 Å². The highest BCUT2D eigenvalue weighted by Gasteiger charge is 2.19. The minimum atomic E-state index is -0.450. The molecule has 2 N–H and O–H groups in total. The van der Waals surface area contributed by atoms with E-state index in [4.69, 9.17) is 9.47 Å². The largest absolute Gasteiger partial charge is 0.466 e. The number of unbranched alkanes of at least 4 members (excludes halogenated alkanes) is 20. The number of anilines is 2. The van der Waals surface area contributed by atoms with Gasteiger partial charge in [-0.1, -0.05) is 136 Å². The molecule has 0 saturated heterocycles. The smallest absolute Gasteiger partial charge is 0.306 e. The molecule has 0 bridgehead atoms. The number of nitrogens with one attached hydrogen (secondary N) is 2. The Hall–Kier alpha value is -2.42. The molecule has 9 nitrogen and oxygen atoms in total. The fraction of sp³-hybridized carbons (Fsp3) is 0.870. The van der Waals surface area contributed by atoms with Crippen LogP contribution in [-0.2, 0) is 19.1 Å². The van der Waals surface area contributed by atoms with Gasteiger partial charge in [-0.3, -0.25) is 19.2 Å². The number of carbonyl (C=O) groups excluding carboxylic acids is 2. The lowest BCUT2D eigenvalue weighted by Gasteiger charge is -2.23. The average Bonchev–Trinajstić information content (AvgIpc) is 3.18. The van der Waals surface area contributed by atoms with Crippen LogP contribution < -0.4 is 21.5 Å². The lowest BCUT2D eigenvalue weighted by molar-refractivity contribution is -0.150. The summed E-state index contributed by atoms with van der Waals surface area (Å²) in [5.41, 5.74) is -0.109. The maximum Gasteiger partial charge on any atom is 0.306 e. The Morgan fingerprint density at radius 3 is 1.55 bits per heavy atom. The molecule has 9 heteroatoms. The first-order chi connectivity index (χ1) is 26.9. The van der Waals surface area contributed by atoms with Gasteiger partial charge in [-0.2, -0.15) is 0 Å². The topological polar surface area (TPSA) is 114 Å². The van der Waals surface area contributed by atoms with Crippen molar-refractivity contribution in [2.45, 2.75) is 219 Å². The number of hydrogen-bond donors (Lipinski definition) is 2. The summed E-state index contributed by atoms with van der Waals surface area (Å²) >= 11 is 0. The Balaban J connectivity index is 2.48. The molecule has 0 aromatic heterocycles. The number of carbonyl (C=O) groups is 2. The molecule has 0 radical (unpaired) electrons. The predicted molar refractivity (Wildman–Crippen MR) is 232 cm³/mol. The van der Waals surface area contributed by atoms with Crippen LogP contribution in [0, 0.1) is 0 Å². The lowest BCUT2D eigenvalue weighted by atomic mass is 10.0. The fourth-order valence-corrected chi connectivity index (χ4v) is 7.34. The Morgan fingerprint density at radius 1 is 0.527 bits per heavy atom. The molecular weight excluding hydrogens is 691 g/mol. The van der Waals surface area contributed by atoms with Crippen molar-refractivity contribution in [1.82, 2.24) is 4.90 Å². The quantitative estimate of drug-likeness (QED) is 0.0381. The second kappa shape index (κ2) is 36.0. The second-order valence-electron chi connectivity index (χ2n) is 16.0. The number of ether oxygens (including phenoxy) is 2. The fourth-order valence-electron chi connectivity index (χ4n) is 7.34. The van der Waals surface area contributed by atoms with E-state index < -0.39 is 10.9 Å². The zero-order valence-electron chi connectivity index (χ0n) is 36.2. The summed E-state index contributed by atoms with van der Waals surface area (Å²) in [6.07, 6.45) is 33.2. The van der Waals surface area contributed by atoms with Crippen molar-refractivity contribution in [3.8, 4) is 0 Å². The van der Waals surface area contributed by atoms with Gasteiger partial charge in [0.05, 0.1) is 6.61 Å². The van der Waals surface area contributed by atoms with Gasteiger partial charge in [0.2, 0.25) is 0 Å². The highest BCUT2D eigenvalue weighted by atomic mass is 16.5. The third kappa shape index (κ3) is 27.0. The summed E-state index contributed by atoms with van der Waals surface area (Å²) in [4.78, 5) is 51.1. The lowest BCUT2D eigenvalue weighted by Crippen LogP contribution is -2.37. The van der Waals surface area contributed by atoms with Crippen molar-refractivity contribution in [3.63, 3.8) is 0 Å². The van der Waals surface area contributed by atoms with Gasteiger partial charge in [0.1, 0.15) is 17.5 Å². The Kier molecular flexibility index (Phi) is 33.1. The number of esters is 2. The van der Waals surface area contributed by atoms with E-state index >= 15 is 0 Å². The molecule has 320 valence electrons. The van der Waals surface area contributed by atoms with Crippen LogP contribution in [0.2, 0.25) is 0 Å². The van der Waals surface area contributed by atoms with Crippen molar-refractivity contribution >= 4 is 23.3 Å². The van der Waals surface area contributed by atoms with E-state index in [0.29, 0.717) is 37.4 Å². The molecule has 0 aliphatic carbocycles. The van der Waals surface area contributed by atoms with Gasteiger partial charge in [-0.15, -0.1) is 0 Å². The van der Waals surface area contributed by atoms with Gasteiger partial charge in [0, 0.05) is 26.4 Å². The molecule has 0 aliphatic heterocycles. The molecule has 0 spiro atoms. The zero-order valence-corrected chi connectivity index (χ0v) is 36.2. The van der Waals surface area contributed by atoms with Crippen LogP contribution in [0.4, 0.5) is 11.4 Å². The zero-order chi connectivity index (χ0) is 40.2. The van der Waals surface area contributed by atoms with Gasteiger partial charge < -0.3 is 25.0 Å². The van der Waals surface area contributed by atoms with Gasteiger partial charge in [0.25, 0.3) is 10.9 Å². The molecule has 0 fully saturated rings. The standard InChI is InChI=1S/C46H85N3O6/c1-5-8-11-13-15-19-23-31-40(32-24-20-16-14-12-9-6-2)55-42(51)34-26-28-37-49(38-30-35-48-44-43(47-4)45(52)46(44)53)36-27-22-18-17-21-25-33-41(50)54-39-29-10-7-3/h40,47-48H,5-39H2,1-4H3. The normalized spacial score (nSPS) is 11.5. The summed E-state index contributed by atoms with van der Waals surface area (Å²) in [5.74, 6) is -0.0993. The molecule has 1 rings (SSSR count). The van der Waals surface area contributed by atoms with Crippen LogP contribution in [0.1, 0.15) is 213 Å². The van der Waals surface area contributed by atoms with E-state index in [1.165, 1.54) is 77.0 Å². The van der Waals surface area contributed by atoms with E-state index in [-0.39, 0.29) is 18.0 Å². The number of hydrogen-bond acceptors (Lipinski definition) is 9. The SMILES string of the molecule is CCCCCCCCCC(CCCCCCCCC)OC(=O)CCCCN(CCCCCCCCC(=O)OCCCCC)CCCNc1c(NC)c(=O)c1=O. The highest BCUT2D eigenvalue weighted by Crippen LogP contribution is 2.19. The number of nitrogens with zero attached hydrogens (tertiary/aromatic N) is 1. The molecule has 0 aliphatic rings. The third-order valence-electron chi connectivity index (χ3n) is 10.9. The first kappa shape index (κ1) is 50.6. The first-order valence-corrected chi connectivity index (χ1v) is 23.2. The molecule has 55 heavy (non-hydrogen) atoms. The van der Waals surface area contributed by atoms with Crippen LogP contribution in [0.15, 0.2) is 9.59 Å². The predicted octanol–water partition coefficient (Wildman–Crippen LogP) is 11.3. The minimum Gasteiger partial charge on any atom is -0.466 e. The van der Waals surface area contributed by atoms with Crippen molar-refractivity contribution in [2.75, 3.05) is 50.5 Å². The Morgan fingerprint density at radius 2 is 0.964 bits per heavy atom. The van der Waals surface area contributed by atoms with Crippen molar-refractivity contribution in [2.24, 2.45) is 0 Å². The summed E-state index contributed by atoms with van der Waals surface area (Å²) in [6, 6.07) is 0. The molecule has 0 saturated carbocycles. The average molecular weight is 776 g/mol. The van der Waals surface area contributed by atoms with Crippen LogP contribution in [0.3, 0.4) is 0 Å². The number of rotatable bonds is 41. The van der Waals surface area contributed by atoms with E-state index in [2.05, 4.69) is 36.3 Å². The van der Waals surface area contributed by atoms with E-state index in [9.17, 15) is 19.2 Å². The molecule has 1 aromatic rings. The molecule has 0 unspecified atom stereocenters. The van der Waals surface area contributed by atoms with Crippen molar-refractivity contribution in [3.05, 3.63) is 20.4 Å².